The van der Waals surface area contributed by atoms with Crippen LogP contribution in [0.5, 0.6) is 0 Å². The monoisotopic (exact) mass is 411 g/mol. The number of piperidine rings is 1. The van der Waals surface area contributed by atoms with E-state index in [0.29, 0.717) is 24.3 Å². The average molecular weight is 411 g/mol. The van der Waals surface area contributed by atoms with Crippen LogP contribution in [-0.4, -0.2) is 32.3 Å². The highest BCUT2D eigenvalue weighted by molar-refractivity contribution is 7.96. The van der Waals surface area contributed by atoms with Crippen LogP contribution < -0.4 is 4.90 Å². The second-order valence-corrected chi connectivity index (χ2v) is 8.88. The fourth-order valence-corrected chi connectivity index (χ4v) is 5.13. The van der Waals surface area contributed by atoms with Crippen molar-refractivity contribution in [3.63, 3.8) is 0 Å². The first-order valence-corrected chi connectivity index (χ1v) is 10.8. The predicted octanol–water partition coefficient (Wildman–Crippen LogP) is 3.48. The molecule has 1 fully saturated rings. The molecule has 1 saturated heterocycles. The van der Waals surface area contributed by atoms with Crippen molar-refractivity contribution in [3.05, 3.63) is 65.0 Å². The Morgan fingerprint density at radius 2 is 1.72 bits per heavy atom. The van der Waals surface area contributed by atoms with Crippen LogP contribution in [0.3, 0.4) is 0 Å². The van der Waals surface area contributed by atoms with Crippen molar-refractivity contribution in [2.24, 2.45) is 0 Å². The van der Waals surface area contributed by atoms with Gasteiger partial charge in [-0.25, -0.2) is 12.8 Å². The molecule has 0 aliphatic carbocycles. The van der Waals surface area contributed by atoms with Crippen molar-refractivity contribution in [1.82, 2.24) is 4.90 Å². The molecule has 0 saturated carbocycles. The molecule has 0 bridgehead atoms. The molecule has 1 amide bonds. The normalized spacial score (nSPS) is 17.9. The van der Waals surface area contributed by atoms with Crippen molar-refractivity contribution < 1.29 is 17.6 Å². The number of hydrogen-bond acceptors (Lipinski definition) is 5. The Hall–Kier alpha value is -3.18. The lowest BCUT2D eigenvalue weighted by atomic mass is 10.1. The second kappa shape index (κ2) is 7.33. The quantitative estimate of drug-likeness (QED) is 0.707. The van der Waals surface area contributed by atoms with Crippen LogP contribution in [0.4, 0.5) is 15.8 Å². The van der Waals surface area contributed by atoms with E-state index in [2.05, 4.69) is 0 Å². The largest absolute Gasteiger partial charge is 0.338 e. The molecule has 4 rings (SSSR count). The number of nitrogens with zero attached hydrogens (tertiary/aromatic N) is 3. The predicted molar refractivity (Wildman–Crippen MR) is 105 cm³/mol. The molecule has 29 heavy (non-hydrogen) atoms. The maximum atomic E-state index is 13.9. The van der Waals surface area contributed by atoms with Gasteiger partial charge in [0.05, 0.1) is 22.2 Å². The van der Waals surface area contributed by atoms with E-state index in [0.717, 1.165) is 31.4 Å². The van der Waals surface area contributed by atoms with E-state index in [-0.39, 0.29) is 15.5 Å². The van der Waals surface area contributed by atoms with Crippen LogP contribution in [0.15, 0.2) is 58.5 Å². The van der Waals surface area contributed by atoms with Gasteiger partial charge >= 0.3 is 0 Å². The Labute approximate surface area is 168 Å². The maximum Gasteiger partial charge on any atom is 0.267 e. The average Bonchev–Trinajstić information content (AvgIpc) is 2.74. The SMILES string of the molecule is N#Cc1ccc(N2C=C(C(=O)N3CCCCC3)S(=O)(=O)c3ccc(F)cc32)cc1. The topological polar surface area (TPSA) is 81.5 Å². The molecule has 0 spiro atoms. The number of anilines is 2. The molecule has 2 heterocycles. The van der Waals surface area contributed by atoms with Crippen molar-refractivity contribution in [2.45, 2.75) is 24.2 Å². The van der Waals surface area contributed by atoms with Crippen molar-refractivity contribution in [3.8, 4) is 6.07 Å². The molecule has 0 N–H and O–H groups in total. The fourth-order valence-electron chi connectivity index (χ4n) is 3.61. The highest BCUT2D eigenvalue weighted by Crippen LogP contribution is 2.40. The molecule has 2 aliphatic rings. The van der Waals surface area contributed by atoms with E-state index in [4.69, 9.17) is 5.26 Å². The Morgan fingerprint density at radius 3 is 2.38 bits per heavy atom. The lowest BCUT2D eigenvalue weighted by Gasteiger charge is -2.32. The Balaban J connectivity index is 1.86. The van der Waals surface area contributed by atoms with E-state index in [1.807, 2.05) is 6.07 Å². The van der Waals surface area contributed by atoms with Gasteiger partial charge < -0.3 is 9.80 Å². The number of halogens is 1. The third kappa shape index (κ3) is 3.38. The molecule has 2 aliphatic heterocycles. The molecule has 2 aromatic carbocycles. The molecular formula is C21H18FN3O3S. The van der Waals surface area contributed by atoms with Crippen LogP contribution in [0, 0.1) is 17.1 Å². The third-order valence-corrected chi connectivity index (χ3v) is 6.92. The smallest absolute Gasteiger partial charge is 0.267 e. The molecule has 8 heteroatoms. The third-order valence-electron chi connectivity index (χ3n) is 5.13. The summed E-state index contributed by atoms with van der Waals surface area (Å²) in [4.78, 5) is 15.6. The fraction of sp³-hybridized carbons (Fsp3) is 0.238. The number of sulfone groups is 1. The summed E-state index contributed by atoms with van der Waals surface area (Å²) >= 11 is 0. The molecule has 148 valence electrons. The Bertz CT molecular complexity index is 1140. The van der Waals surface area contributed by atoms with Crippen LogP contribution in [0.2, 0.25) is 0 Å². The summed E-state index contributed by atoms with van der Waals surface area (Å²) in [5, 5.41) is 9.01. The summed E-state index contributed by atoms with van der Waals surface area (Å²) < 4.78 is 40.3. The number of nitriles is 1. The molecule has 0 atom stereocenters. The van der Waals surface area contributed by atoms with Gasteiger partial charge in [-0.3, -0.25) is 4.79 Å². The van der Waals surface area contributed by atoms with Gasteiger partial charge in [0.15, 0.2) is 4.91 Å². The van der Waals surface area contributed by atoms with Crippen molar-refractivity contribution in [1.29, 1.82) is 5.26 Å². The lowest BCUT2D eigenvalue weighted by Crippen LogP contribution is -2.39. The van der Waals surface area contributed by atoms with E-state index in [1.54, 1.807) is 29.2 Å². The number of benzene rings is 2. The van der Waals surface area contributed by atoms with Crippen molar-refractivity contribution >= 4 is 27.1 Å². The number of carbonyl (C=O) groups excluding carboxylic acids is 1. The van der Waals surface area contributed by atoms with Crippen LogP contribution in [0.25, 0.3) is 0 Å². The summed E-state index contributed by atoms with van der Waals surface area (Å²) in [6, 6.07) is 11.8. The number of likely N-dealkylation sites (tertiary alicyclic amines) is 1. The summed E-state index contributed by atoms with van der Waals surface area (Å²) in [5.41, 5.74) is 1.09. The zero-order valence-electron chi connectivity index (χ0n) is 15.5. The number of hydrogen-bond donors (Lipinski definition) is 0. The highest BCUT2D eigenvalue weighted by Gasteiger charge is 2.38. The van der Waals surface area contributed by atoms with E-state index >= 15 is 0 Å². The van der Waals surface area contributed by atoms with Gasteiger partial charge in [-0.15, -0.1) is 0 Å². The van der Waals surface area contributed by atoms with Crippen LogP contribution >= 0.6 is 0 Å². The van der Waals surface area contributed by atoms with Gasteiger partial charge in [0, 0.05) is 25.0 Å². The number of fused-ring (bicyclic) bond motifs is 1. The Morgan fingerprint density at radius 1 is 1.03 bits per heavy atom. The van der Waals surface area contributed by atoms with Crippen LogP contribution in [0.1, 0.15) is 24.8 Å². The number of rotatable bonds is 2. The van der Waals surface area contributed by atoms with Gasteiger partial charge in [0.1, 0.15) is 5.82 Å². The molecule has 0 aromatic heterocycles. The second-order valence-electron chi connectivity index (χ2n) is 6.99. The van der Waals surface area contributed by atoms with Gasteiger partial charge in [0.2, 0.25) is 9.84 Å². The zero-order valence-corrected chi connectivity index (χ0v) is 16.3. The summed E-state index contributed by atoms with van der Waals surface area (Å²) in [5.74, 6) is -1.13. The van der Waals surface area contributed by atoms with Crippen molar-refractivity contribution in [2.75, 3.05) is 18.0 Å². The minimum Gasteiger partial charge on any atom is -0.338 e. The number of carbonyl (C=O) groups is 1. The first-order valence-electron chi connectivity index (χ1n) is 9.27. The summed E-state index contributed by atoms with van der Waals surface area (Å²) in [7, 11) is -4.09. The molecule has 0 radical (unpaired) electrons. The van der Waals surface area contributed by atoms with Gasteiger partial charge in [0.25, 0.3) is 5.91 Å². The van der Waals surface area contributed by atoms with E-state index < -0.39 is 21.6 Å². The summed E-state index contributed by atoms with van der Waals surface area (Å²) in [6.45, 7) is 1.03. The van der Waals surface area contributed by atoms with Gasteiger partial charge in [-0.1, -0.05) is 0 Å². The van der Waals surface area contributed by atoms with E-state index in [1.165, 1.54) is 17.2 Å². The van der Waals surface area contributed by atoms with E-state index in [9.17, 15) is 17.6 Å². The molecule has 0 unspecified atom stereocenters. The summed E-state index contributed by atoms with van der Waals surface area (Å²) in [6.07, 6.45) is 3.94. The Kier molecular flexibility index (Phi) is 4.84. The molecule has 6 nitrogen and oxygen atoms in total. The maximum absolute atomic E-state index is 13.9. The first-order chi connectivity index (χ1) is 13.9. The lowest BCUT2D eigenvalue weighted by molar-refractivity contribution is -0.127. The highest BCUT2D eigenvalue weighted by atomic mass is 32.2. The van der Waals surface area contributed by atoms with Gasteiger partial charge in [-0.05, 0) is 61.7 Å². The first kappa shape index (κ1) is 19.2. The molecule has 2 aromatic rings. The van der Waals surface area contributed by atoms with Gasteiger partial charge in [-0.2, -0.15) is 5.26 Å². The standard InChI is InChI=1S/C21H18FN3O3S/c22-16-6-9-19-18(12-16)25(17-7-4-15(13-23)5-8-17)14-20(29(19,27)28)21(26)24-10-2-1-3-11-24/h4-9,12,14H,1-3,10-11H2. The zero-order chi connectivity index (χ0) is 20.6. The molecular weight excluding hydrogens is 393 g/mol. The number of amides is 1. The minimum atomic E-state index is -4.09. The minimum absolute atomic E-state index is 0.119. The van der Waals surface area contributed by atoms with Crippen LogP contribution in [-0.2, 0) is 14.6 Å².